The highest BCUT2D eigenvalue weighted by Crippen LogP contribution is 2.33. The fourth-order valence-corrected chi connectivity index (χ4v) is 4.56. The topological polar surface area (TPSA) is 118 Å². The van der Waals surface area contributed by atoms with E-state index in [0.717, 1.165) is 29.2 Å². The molecule has 1 aliphatic rings. The van der Waals surface area contributed by atoms with E-state index in [2.05, 4.69) is 4.72 Å². The van der Waals surface area contributed by atoms with E-state index in [1.54, 1.807) is 19.1 Å². The number of carboxylic acid groups (broad SMARTS) is 1. The number of phenols is 1. The van der Waals surface area contributed by atoms with Crippen molar-refractivity contribution in [2.75, 3.05) is 0 Å². The second kappa shape index (κ2) is 6.94. The zero-order valence-electron chi connectivity index (χ0n) is 15.2. The number of aromatic nitrogens is 1. The Morgan fingerprint density at radius 3 is 2.62 bits per heavy atom. The molecule has 8 nitrogen and oxygen atoms in total. The van der Waals surface area contributed by atoms with Crippen LogP contribution in [0.5, 0.6) is 11.5 Å². The van der Waals surface area contributed by atoms with E-state index in [1.807, 2.05) is 0 Å². The zero-order valence-corrected chi connectivity index (χ0v) is 16.8. The third-order valence-electron chi connectivity index (χ3n) is 4.60. The van der Waals surface area contributed by atoms with E-state index >= 15 is 0 Å². The summed E-state index contributed by atoms with van der Waals surface area (Å²) in [5.74, 6) is -1.63. The van der Waals surface area contributed by atoms with Gasteiger partial charge in [0.05, 0.1) is 10.5 Å². The first kappa shape index (κ1) is 19.6. The van der Waals surface area contributed by atoms with Crippen LogP contribution in [0.4, 0.5) is 0 Å². The van der Waals surface area contributed by atoms with Gasteiger partial charge in [0.15, 0.2) is 11.4 Å². The first-order valence-electron chi connectivity index (χ1n) is 8.75. The maximum Gasteiger partial charge on any atom is 0.356 e. The van der Waals surface area contributed by atoms with Gasteiger partial charge in [-0.05, 0) is 49.6 Å². The van der Waals surface area contributed by atoms with E-state index in [4.69, 9.17) is 16.4 Å². The molecule has 10 heteroatoms. The van der Waals surface area contributed by atoms with Crippen LogP contribution in [-0.2, 0) is 10.0 Å². The van der Waals surface area contributed by atoms with Crippen molar-refractivity contribution >= 4 is 38.5 Å². The van der Waals surface area contributed by atoms with E-state index in [0.29, 0.717) is 15.9 Å². The summed E-state index contributed by atoms with van der Waals surface area (Å²) in [5, 5.41) is 20.5. The molecule has 3 aromatic rings. The normalized spacial score (nSPS) is 14.3. The maximum atomic E-state index is 12.5. The molecule has 1 saturated carbocycles. The number of rotatable bonds is 6. The van der Waals surface area contributed by atoms with E-state index in [-0.39, 0.29) is 22.4 Å². The Labute approximate surface area is 171 Å². The molecule has 1 aliphatic carbocycles. The minimum Gasteiger partial charge on any atom is -0.507 e. The Bertz CT molecular complexity index is 1250. The van der Waals surface area contributed by atoms with Crippen molar-refractivity contribution in [1.29, 1.82) is 0 Å². The van der Waals surface area contributed by atoms with Crippen LogP contribution < -0.4 is 9.56 Å². The summed E-state index contributed by atoms with van der Waals surface area (Å²) in [6, 6.07) is 8.31. The lowest BCUT2D eigenvalue weighted by atomic mass is 10.2. The third-order valence-corrected chi connectivity index (χ3v) is 6.66. The van der Waals surface area contributed by atoms with Gasteiger partial charge >= 0.3 is 5.97 Å². The summed E-state index contributed by atoms with van der Waals surface area (Å²) in [4.78, 5) is 17.1. The molecule has 2 aromatic carbocycles. The summed E-state index contributed by atoms with van der Waals surface area (Å²) in [6.07, 6.45) is 1.49. The molecule has 0 radical (unpaired) electrons. The van der Waals surface area contributed by atoms with E-state index < -0.39 is 21.7 Å². The van der Waals surface area contributed by atoms with Crippen LogP contribution in [0.3, 0.4) is 0 Å². The number of aryl methyl sites for hydroxylation is 1. The van der Waals surface area contributed by atoms with E-state index in [9.17, 15) is 23.4 Å². The van der Waals surface area contributed by atoms with Crippen molar-refractivity contribution < 1.29 is 28.3 Å². The summed E-state index contributed by atoms with van der Waals surface area (Å²) in [6.45, 7) is 1.80. The number of carboxylic acids is 1. The largest absolute Gasteiger partial charge is 0.507 e. The molecule has 152 valence electrons. The molecule has 29 heavy (non-hydrogen) atoms. The minimum atomic E-state index is -3.94. The highest BCUT2D eigenvalue weighted by atomic mass is 35.5. The van der Waals surface area contributed by atoms with Crippen LogP contribution in [0, 0.1) is 6.92 Å². The fraction of sp³-hybridized carbons (Fsp3) is 0.211. The predicted octanol–water partition coefficient (Wildman–Crippen LogP) is 3.29. The Morgan fingerprint density at radius 1 is 1.24 bits per heavy atom. The lowest BCUT2D eigenvalue weighted by molar-refractivity contribution is 0.0659. The van der Waals surface area contributed by atoms with Gasteiger partial charge in [-0.2, -0.15) is 4.73 Å². The SMILES string of the molecule is Cc1ccc2c(cc(C(=O)O)n2Oc2ccc(O)c(S(=O)(=O)NC3CC3)c2)c1Cl. The maximum absolute atomic E-state index is 12.5. The van der Waals surface area contributed by atoms with Crippen LogP contribution in [0.2, 0.25) is 5.02 Å². The van der Waals surface area contributed by atoms with Crippen LogP contribution in [-0.4, -0.2) is 35.4 Å². The van der Waals surface area contributed by atoms with Gasteiger partial charge in [0.1, 0.15) is 10.6 Å². The number of nitrogens with one attached hydrogen (secondary N) is 1. The Kier molecular flexibility index (Phi) is 4.68. The molecule has 4 rings (SSSR count). The highest BCUT2D eigenvalue weighted by molar-refractivity contribution is 7.89. The lowest BCUT2D eigenvalue weighted by Gasteiger charge is -2.13. The summed E-state index contributed by atoms with van der Waals surface area (Å²) in [5.41, 5.74) is 1.00. The second-order valence-corrected chi connectivity index (χ2v) is 8.94. The van der Waals surface area contributed by atoms with Crippen molar-refractivity contribution in [3.63, 3.8) is 0 Å². The second-order valence-electron chi connectivity index (χ2n) is 6.87. The van der Waals surface area contributed by atoms with Crippen molar-refractivity contribution in [1.82, 2.24) is 9.45 Å². The molecule has 0 amide bonds. The number of benzene rings is 2. The Balaban J connectivity index is 1.79. The molecule has 0 saturated heterocycles. The molecule has 1 heterocycles. The number of sulfonamides is 1. The molecule has 0 atom stereocenters. The summed E-state index contributed by atoms with van der Waals surface area (Å²) < 4.78 is 28.5. The van der Waals surface area contributed by atoms with Crippen molar-refractivity contribution in [2.45, 2.75) is 30.7 Å². The molecule has 0 aliphatic heterocycles. The van der Waals surface area contributed by atoms with Crippen molar-refractivity contribution in [2.24, 2.45) is 0 Å². The smallest absolute Gasteiger partial charge is 0.356 e. The van der Waals surface area contributed by atoms with Gasteiger partial charge in [0.2, 0.25) is 10.0 Å². The monoisotopic (exact) mass is 436 g/mol. The zero-order chi connectivity index (χ0) is 20.9. The molecule has 1 fully saturated rings. The van der Waals surface area contributed by atoms with Crippen LogP contribution in [0.25, 0.3) is 10.9 Å². The quantitative estimate of drug-likeness (QED) is 0.545. The number of nitrogens with zero attached hydrogens (tertiary/aromatic N) is 1. The number of halogens is 1. The third kappa shape index (κ3) is 3.64. The standard InChI is InChI=1S/C19H17ClN2O6S/c1-10-2-6-14-13(18(10)20)9-15(19(24)25)22(14)28-12-5-7-16(23)17(8-12)29(26,27)21-11-3-4-11/h2,5-9,11,21,23H,3-4H2,1H3,(H,24,25). The van der Waals surface area contributed by atoms with Crippen molar-refractivity contribution in [3.05, 3.63) is 52.7 Å². The molecule has 3 N–H and O–H groups in total. The average molecular weight is 437 g/mol. The first-order valence-corrected chi connectivity index (χ1v) is 10.6. The Hall–Kier alpha value is -2.75. The van der Waals surface area contributed by atoms with Crippen LogP contribution >= 0.6 is 11.6 Å². The number of aromatic carboxylic acids is 1. The van der Waals surface area contributed by atoms with E-state index in [1.165, 1.54) is 18.2 Å². The fourth-order valence-electron chi connectivity index (χ4n) is 2.93. The number of carbonyl (C=O) groups is 1. The first-order chi connectivity index (χ1) is 13.7. The van der Waals surface area contributed by atoms with Crippen LogP contribution in [0.15, 0.2) is 41.3 Å². The Morgan fingerprint density at radius 2 is 1.97 bits per heavy atom. The molecule has 1 aromatic heterocycles. The number of hydrogen-bond donors (Lipinski definition) is 3. The summed E-state index contributed by atoms with van der Waals surface area (Å²) in [7, 11) is -3.94. The van der Waals surface area contributed by atoms with Gasteiger partial charge < -0.3 is 15.1 Å². The number of aromatic hydroxyl groups is 1. The minimum absolute atomic E-state index is 0.0377. The van der Waals surface area contributed by atoms with Gasteiger partial charge in [-0.3, -0.25) is 0 Å². The van der Waals surface area contributed by atoms with Crippen molar-refractivity contribution in [3.8, 4) is 11.5 Å². The molecular formula is C19H17ClN2O6S. The van der Waals surface area contributed by atoms with Gasteiger partial charge in [-0.1, -0.05) is 17.7 Å². The average Bonchev–Trinajstić information content (AvgIpc) is 3.37. The number of fused-ring (bicyclic) bond motifs is 1. The molecular weight excluding hydrogens is 420 g/mol. The molecule has 0 unspecified atom stereocenters. The highest BCUT2D eigenvalue weighted by Gasteiger charge is 2.30. The summed E-state index contributed by atoms with van der Waals surface area (Å²) >= 11 is 6.30. The van der Waals surface area contributed by atoms with Gasteiger partial charge in [0, 0.05) is 17.5 Å². The predicted molar refractivity (Wildman–Crippen MR) is 106 cm³/mol. The number of phenolic OH excluding ortho intramolecular Hbond substituents is 1. The lowest BCUT2D eigenvalue weighted by Crippen LogP contribution is -2.25. The van der Waals surface area contributed by atoms with Crippen LogP contribution in [0.1, 0.15) is 28.9 Å². The molecule has 0 bridgehead atoms. The van der Waals surface area contributed by atoms with Gasteiger partial charge in [-0.25, -0.2) is 17.9 Å². The van der Waals surface area contributed by atoms with Gasteiger partial charge in [0.25, 0.3) is 0 Å². The molecule has 0 spiro atoms. The number of hydrogen-bond acceptors (Lipinski definition) is 5. The van der Waals surface area contributed by atoms with Gasteiger partial charge in [-0.15, -0.1) is 0 Å².